The summed E-state index contributed by atoms with van der Waals surface area (Å²) in [6.45, 7) is 7.04. The summed E-state index contributed by atoms with van der Waals surface area (Å²) in [7, 11) is 4.02. The number of piperazine rings is 1. The number of aryl methyl sites for hydroxylation is 2. The number of rotatable bonds is 7. The number of hydrogen-bond acceptors (Lipinski definition) is 8. The highest BCUT2D eigenvalue weighted by atomic mass is 16.1. The smallest absolute Gasteiger partial charge is 0.256 e. The average Bonchev–Trinajstić information content (AvgIpc) is 3.33. The van der Waals surface area contributed by atoms with E-state index in [1.54, 1.807) is 35.4 Å². The van der Waals surface area contributed by atoms with Crippen LogP contribution in [0.25, 0.3) is 11.3 Å². The predicted octanol–water partition coefficient (Wildman–Crippen LogP) is 3.32. The van der Waals surface area contributed by atoms with Crippen LogP contribution >= 0.6 is 0 Å². The monoisotopic (exact) mass is 497 g/mol. The summed E-state index contributed by atoms with van der Waals surface area (Å²) in [5.41, 5.74) is 5.18. The molecule has 10 nitrogen and oxygen atoms in total. The first-order valence-electron chi connectivity index (χ1n) is 12.3. The molecule has 1 aliphatic heterocycles. The standard InChI is InChI=1S/C27H31N9O/c1-19-15-29-27(33-25(19)22-16-30-35(3)18-22)31-23-6-4-21(5-7-23)26(37)32-24-14-20(8-9-28-24)17-36-12-10-34(2)11-13-36/h4-9,14-16,18H,10-13,17H2,1-3H3,(H,28,32,37)(H,29,31,33). The van der Waals surface area contributed by atoms with Crippen LogP contribution in [0.5, 0.6) is 0 Å². The van der Waals surface area contributed by atoms with E-state index in [9.17, 15) is 4.79 Å². The van der Waals surface area contributed by atoms with Crippen LogP contribution in [0.3, 0.4) is 0 Å². The molecule has 0 spiro atoms. The molecule has 1 saturated heterocycles. The Hall–Kier alpha value is -4.15. The lowest BCUT2D eigenvalue weighted by molar-refractivity contribution is 0.102. The number of amides is 1. The minimum absolute atomic E-state index is 0.207. The fourth-order valence-corrected chi connectivity index (χ4v) is 4.27. The van der Waals surface area contributed by atoms with E-state index in [4.69, 9.17) is 0 Å². The summed E-state index contributed by atoms with van der Waals surface area (Å²) >= 11 is 0. The van der Waals surface area contributed by atoms with Crippen LogP contribution in [0.1, 0.15) is 21.5 Å². The van der Waals surface area contributed by atoms with Crippen molar-refractivity contribution in [3.8, 4) is 11.3 Å². The quantitative estimate of drug-likeness (QED) is 0.401. The van der Waals surface area contributed by atoms with Crippen LogP contribution in [0.2, 0.25) is 0 Å². The molecule has 190 valence electrons. The fourth-order valence-electron chi connectivity index (χ4n) is 4.27. The molecule has 0 atom stereocenters. The molecule has 4 heterocycles. The lowest BCUT2D eigenvalue weighted by Gasteiger charge is -2.32. The molecule has 10 heteroatoms. The largest absolute Gasteiger partial charge is 0.324 e. The van der Waals surface area contributed by atoms with Gasteiger partial charge in [-0.25, -0.2) is 15.0 Å². The van der Waals surface area contributed by atoms with Crippen molar-refractivity contribution in [1.82, 2.24) is 34.5 Å². The highest BCUT2D eigenvalue weighted by Crippen LogP contribution is 2.23. The van der Waals surface area contributed by atoms with Crippen LogP contribution in [0.15, 0.2) is 61.2 Å². The maximum Gasteiger partial charge on any atom is 0.256 e. The zero-order valence-electron chi connectivity index (χ0n) is 21.3. The third-order valence-corrected chi connectivity index (χ3v) is 6.42. The van der Waals surface area contributed by atoms with Crippen LogP contribution in [-0.2, 0) is 13.6 Å². The van der Waals surface area contributed by atoms with E-state index in [-0.39, 0.29) is 5.91 Å². The number of likely N-dealkylation sites (N-methyl/N-ethyl adjacent to an activating group) is 1. The lowest BCUT2D eigenvalue weighted by Crippen LogP contribution is -2.43. The molecule has 3 aromatic heterocycles. The van der Waals surface area contributed by atoms with Crippen LogP contribution in [0, 0.1) is 6.92 Å². The number of benzene rings is 1. The molecule has 0 saturated carbocycles. The van der Waals surface area contributed by atoms with Gasteiger partial charge in [-0.15, -0.1) is 0 Å². The Morgan fingerprint density at radius 3 is 2.51 bits per heavy atom. The van der Waals surface area contributed by atoms with Gasteiger partial charge in [0.25, 0.3) is 5.91 Å². The lowest BCUT2D eigenvalue weighted by atomic mass is 10.1. The molecule has 4 aromatic rings. The van der Waals surface area contributed by atoms with E-state index in [1.807, 2.05) is 44.4 Å². The van der Waals surface area contributed by atoms with Crippen LogP contribution in [-0.4, -0.2) is 73.7 Å². The van der Waals surface area contributed by atoms with Crippen LogP contribution < -0.4 is 10.6 Å². The van der Waals surface area contributed by atoms with Crippen molar-refractivity contribution in [3.05, 3.63) is 77.9 Å². The van der Waals surface area contributed by atoms with Crippen molar-refractivity contribution in [2.75, 3.05) is 43.9 Å². The molecule has 0 radical (unpaired) electrons. The van der Waals surface area contributed by atoms with Gasteiger partial charge in [0, 0.05) is 75.2 Å². The van der Waals surface area contributed by atoms with E-state index in [0.29, 0.717) is 17.3 Å². The molecule has 0 bridgehead atoms. The van der Waals surface area contributed by atoms with Gasteiger partial charge < -0.3 is 15.5 Å². The van der Waals surface area contributed by atoms with Crippen molar-refractivity contribution >= 4 is 23.4 Å². The Morgan fingerprint density at radius 1 is 1.00 bits per heavy atom. The number of pyridine rings is 1. The Kier molecular flexibility index (Phi) is 7.20. The first-order chi connectivity index (χ1) is 17.9. The van der Waals surface area contributed by atoms with Crippen molar-refractivity contribution < 1.29 is 4.79 Å². The maximum atomic E-state index is 12.8. The van der Waals surface area contributed by atoms with Gasteiger partial charge in [-0.1, -0.05) is 0 Å². The van der Waals surface area contributed by atoms with Crippen molar-refractivity contribution in [3.63, 3.8) is 0 Å². The van der Waals surface area contributed by atoms with Gasteiger partial charge in [0.05, 0.1) is 11.9 Å². The molecular formula is C27H31N9O. The summed E-state index contributed by atoms with van der Waals surface area (Å²) in [6, 6.07) is 11.1. The second-order valence-corrected chi connectivity index (χ2v) is 9.41. The summed E-state index contributed by atoms with van der Waals surface area (Å²) in [4.78, 5) is 31.0. The normalized spacial score (nSPS) is 14.5. The molecule has 1 aliphatic rings. The molecule has 1 amide bonds. The number of carbonyl (C=O) groups excluding carboxylic acids is 1. The third kappa shape index (κ3) is 6.16. The van der Waals surface area contributed by atoms with Crippen LogP contribution in [0.4, 0.5) is 17.5 Å². The van der Waals surface area contributed by atoms with E-state index in [2.05, 4.69) is 47.5 Å². The number of anilines is 3. The van der Waals surface area contributed by atoms with Gasteiger partial charge in [0.15, 0.2) is 0 Å². The molecule has 5 rings (SSSR count). The fraction of sp³-hybridized carbons (Fsp3) is 0.296. The topological polar surface area (TPSA) is 104 Å². The Morgan fingerprint density at radius 2 is 1.78 bits per heavy atom. The summed E-state index contributed by atoms with van der Waals surface area (Å²) in [5, 5.41) is 10.4. The average molecular weight is 498 g/mol. The van der Waals surface area contributed by atoms with E-state index in [1.165, 1.54) is 0 Å². The van der Waals surface area contributed by atoms with Gasteiger partial charge in [0.2, 0.25) is 5.95 Å². The molecule has 0 unspecified atom stereocenters. The third-order valence-electron chi connectivity index (χ3n) is 6.42. The Labute approximate surface area is 216 Å². The van der Waals surface area contributed by atoms with Gasteiger partial charge >= 0.3 is 0 Å². The predicted molar refractivity (Wildman–Crippen MR) is 144 cm³/mol. The second kappa shape index (κ2) is 10.9. The molecule has 1 aromatic carbocycles. The Balaban J connectivity index is 1.21. The number of hydrogen-bond donors (Lipinski definition) is 2. The van der Waals surface area contributed by atoms with E-state index >= 15 is 0 Å². The summed E-state index contributed by atoms with van der Waals surface area (Å²) in [6.07, 6.45) is 7.23. The molecule has 1 fully saturated rings. The summed E-state index contributed by atoms with van der Waals surface area (Å²) in [5.74, 6) is 0.819. The molecule has 2 N–H and O–H groups in total. The summed E-state index contributed by atoms with van der Waals surface area (Å²) < 4.78 is 1.74. The van der Waals surface area contributed by atoms with Gasteiger partial charge in [-0.05, 0) is 61.5 Å². The second-order valence-electron chi connectivity index (χ2n) is 9.41. The van der Waals surface area contributed by atoms with E-state index < -0.39 is 0 Å². The zero-order valence-corrected chi connectivity index (χ0v) is 21.3. The number of aromatic nitrogens is 5. The zero-order chi connectivity index (χ0) is 25.8. The Bertz CT molecular complexity index is 1370. The minimum atomic E-state index is -0.207. The SMILES string of the molecule is Cc1cnc(Nc2ccc(C(=O)Nc3cc(CN4CCN(C)CC4)ccn3)cc2)nc1-c1cnn(C)c1. The van der Waals surface area contributed by atoms with Gasteiger partial charge in [-0.2, -0.15) is 5.10 Å². The number of carbonyl (C=O) groups is 1. The van der Waals surface area contributed by atoms with Crippen molar-refractivity contribution in [1.29, 1.82) is 0 Å². The molecular weight excluding hydrogens is 466 g/mol. The van der Waals surface area contributed by atoms with Gasteiger partial charge in [-0.3, -0.25) is 14.4 Å². The highest BCUT2D eigenvalue weighted by Gasteiger charge is 2.15. The molecule has 0 aliphatic carbocycles. The maximum absolute atomic E-state index is 12.8. The van der Waals surface area contributed by atoms with Crippen molar-refractivity contribution in [2.45, 2.75) is 13.5 Å². The number of nitrogens with zero attached hydrogens (tertiary/aromatic N) is 7. The first-order valence-corrected chi connectivity index (χ1v) is 12.3. The minimum Gasteiger partial charge on any atom is -0.324 e. The highest BCUT2D eigenvalue weighted by molar-refractivity contribution is 6.04. The first kappa shape index (κ1) is 24.5. The van der Waals surface area contributed by atoms with Gasteiger partial charge in [0.1, 0.15) is 5.82 Å². The van der Waals surface area contributed by atoms with E-state index in [0.717, 1.165) is 60.8 Å². The van der Waals surface area contributed by atoms with Crippen molar-refractivity contribution in [2.24, 2.45) is 7.05 Å². The number of nitrogens with one attached hydrogen (secondary N) is 2. The molecule has 37 heavy (non-hydrogen) atoms.